The molecule has 162 valence electrons. The smallest absolute Gasteiger partial charge is 0.230 e. The predicted octanol–water partition coefficient (Wildman–Crippen LogP) is 3.54. The number of carbonyl (C=O) groups excluding carboxylic acids is 2. The highest BCUT2D eigenvalue weighted by Crippen LogP contribution is 2.45. The van der Waals surface area contributed by atoms with Crippen LogP contribution in [0.1, 0.15) is 38.5 Å². The first kappa shape index (κ1) is 24.2. The number of halogens is 3. The third-order valence-electron chi connectivity index (χ3n) is 6.52. The lowest BCUT2D eigenvalue weighted by Gasteiger charge is -2.43. The first-order valence-corrected chi connectivity index (χ1v) is 10.4. The van der Waals surface area contributed by atoms with E-state index in [1.165, 1.54) is 12.6 Å². The fourth-order valence-electron chi connectivity index (χ4n) is 5.04. The van der Waals surface area contributed by atoms with Crippen LogP contribution >= 0.6 is 36.4 Å². The summed E-state index contributed by atoms with van der Waals surface area (Å²) >= 11 is 5.84. The van der Waals surface area contributed by atoms with Crippen LogP contribution in [0.2, 0.25) is 5.02 Å². The molecule has 0 aromatic carbocycles. The van der Waals surface area contributed by atoms with Crippen LogP contribution < -0.4 is 10.6 Å². The lowest BCUT2D eigenvalue weighted by atomic mass is 9.67. The summed E-state index contributed by atoms with van der Waals surface area (Å²) in [4.78, 5) is 32.2. The van der Waals surface area contributed by atoms with Gasteiger partial charge in [0.1, 0.15) is 5.82 Å². The van der Waals surface area contributed by atoms with Gasteiger partial charge in [0.2, 0.25) is 11.8 Å². The maximum Gasteiger partial charge on any atom is 0.230 e. The van der Waals surface area contributed by atoms with E-state index in [4.69, 9.17) is 11.6 Å². The largest absolute Gasteiger partial charge is 0.341 e. The molecule has 1 aliphatic carbocycles. The molecule has 9 heteroatoms. The molecule has 2 aliphatic heterocycles. The van der Waals surface area contributed by atoms with Crippen LogP contribution in [-0.4, -0.2) is 47.9 Å². The van der Waals surface area contributed by atoms with Crippen LogP contribution in [0.15, 0.2) is 18.3 Å². The number of piperidine rings is 1. The van der Waals surface area contributed by atoms with Crippen LogP contribution in [0.25, 0.3) is 0 Å². The molecule has 4 rings (SSSR count). The van der Waals surface area contributed by atoms with Crippen molar-refractivity contribution in [3.8, 4) is 0 Å². The highest BCUT2D eigenvalue weighted by Gasteiger charge is 2.51. The van der Waals surface area contributed by atoms with Crippen molar-refractivity contribution < 1.29 is 9.59 Å². The number of likely N-dealkylation sites (tertiary alicyclic amines) is 1. The highest BCUT2D eigenvalue weighted by molar-refractivity contribution is 6.30. The molecule has 0 spiro atoms. The number of nitrogens with zero attached hydrogens (tertiary/aromatic N) is 2. The zero-order chi connectivity index (χ0) is 18.9. The molecule has 0 radical (unpaired) electrons. The van der Waals surface area contributed by atoms with Gasteiger partial charge in [0.25, 0.3) is 0 Å². The zero-order valence-electron chi connectivity index (χ0n) is 16.4. The number of pyridine rings is 1. The maximum absolute atomic E-state index is 13.4. The third kappa shape index (κ3) is 4.98. The Morgan fingerprint density at radius 2 is 2.03 bits per heavy atom. The molecular formula is C20H29Cl3N4O2. The number of amides is 2. The molecule has 1 aromatic heterocycles. The van der Waals surface area contributed by atoms with Crippen molar-refractivity contribution in [1.29, 1.82) is 0 Å². The molecule has 1 unspecified atom stereocenters. The Balaban J connectivity index is 0.00000150. The SMILES string of the molecule is Cl.Cl.O=C(Nc1ccc(Cl)cn1)C1CCCN(C(=O)[C@@]23CCCC[C@H]2CNC3)C1. The van der Waals surface area contributed by atoms with E-state index in [2.05, 4.69) is 15.6 Å². The summed E-state index contributed by atoms with van der Waals surface area (Å²) in [6.07, 6.45) is 7.65. The molecule has 29 heavy (non-hydrogen) atoms. The van der Waals surface area contributed by atoms with Gasteiger partial charge in [0, 0.05) is 25.8 Å². The van der Waals surface area contributed by atoms with Gasteiger partial charge in [-0.1, -0.05) is 24.4 Å². The molecule has 3 aliphatic rings. The molecule has 3 fully saturated rings. The number of carbonyl (C=O) groups is 2. The molecule has 6 nitrogen and oxygen atoms in total. The first-order chi connectivity index (χ1) is 13.1. The number of nitrogens with one attached hydrogen (secondary N) is 2. The second-order valence-corrected chi connectivity index (χ2v) is 8.61. The van der Waals surface area contributed by atoms with E-state index in [9.17, 15) is 9.59 Å². The minimum Gasteiger partial charge on any atom is -0.341 e. The first-order valence-electron chi connectivity index (χ1n) is 10.0. The molecule has 3 heterocycles. The van der Waals surface area contributed by atoms with Gasteiger partial charge in [-0.15, -0.1) is 24.8 Å². The van der Waals surface area contributed by atoms with Crippen LogP contribution in [0.3, 0.4) is 0 Å². The van der Waals surface area contributed by atoms with E-state index >= 15 is 0 Å². The maximum atomic E-state index is 13.4. The molecule has 2 amide bonds. The second kappa shape index (κ2) is 10.3. The van der Waals surface area contributed by atoms with Gasteiger partial charge in [0.15, 0.2) is 0 Å². The minimum absolute atomic E-state index is 0. The predicted molar refractivity (Wildman–Crippen MR) is 119 cm³/mol. The fourth-order valence-corrected chi connectivity index (χ4v) is 5.15. The van der Waals surface area contributed by atoms with Gasteiger partial charge < -0.3 is 15.5 Å². The Hall–Kier alpha value is -1.08. The third-order valence-corrected chi connectivity index (χ3v) is 6.75. The molecule has 2 N–H and O–H groups in total. The lowest BCUT2D eigenvalue weighted by molar-refractivity contribution is -0.148. The molecule has 1 aromatic rings. The minimum atomic E-state index is -0.242. The summed E-state index contributed by atoms with van der Waals surface area (Å²) in [5, 5.41) is 6.85. The van der Waals surface area contributed by atoms with Crippen LogP contribution in [0, 0.1) is 17.3 Å². The lowest BCUT2D eigenvalue weighted by Crippen LogP contribution is -2.53. The average Bonchev–Trinajstić information content (AvgIpc) is 3.14. The van der Waals surface area contributed by atoms with Crippen LogP contribution in [-0.2, 0) is 9.59 Å². The van der Waals surface area contributed by atoms with Crippen molar-refractivity contribution in [1.82, 2.24) is 15.2 Å². The van der Waals surface area contributed by atoms with Crippen molar-refractivity contribution in [2.45, 2.75) is 38.5 Å². The summed E-state index contributed by atoms with van der Waals surface area (Å²) in [5.74, 6) is 0.960. The quantitative estimate of drug-likeness (QED) is 0.719. The van der Waals surface area contributed by atoms with Crippen molar-refractivity contribution in [2.24, 2.45) is 17.3 Å². The van der Waals surface area contributed by atoms with Crippen LogP contribution in [0.5, 0.6) is 0 Å². The Labute approximate surface area is 189 Å². The van der Waals surface area contributed by atoms with Gasteiger partial charge in [-0.25, -0.2) is 4.98 Å². The van der Waals surface area contributed by atoms with Gasteiger partial charge in [-0.3, -0.25) is 9.59 Å². The monoisotopic (exact) mass is 462 g/mol. The van der Waals surface area contributed by atoms with E-state index in [-0.39, 0.29) is 48.0 Å². The number of hydrogen-bond acceptors (Lipinski definition) is 4. The topological polar surface area (TPSA) is 74.3 Å². The van der Waals surface area contributed by atoms with Gasteiger partial charge in [0.05, 0.1) is 16.4 Å². The van der Waals surface area contributed by atoms with E-state index in [0.29, 0.717) is 23.3 Å². The zero-order valence-corrected chi connectivity index (χ0v) is 18.8. The van der Waals surface area contributed by atoms with Gasteiger partial charge in [-0.2, -0.15) is 0 Å². The Kier molecular flexibility index (Phi) is 8.59. The highest BCUT2D eigenvalue weighted by atomic mass is 35.5. The van der Waals surface area contributed by atoms with E-state index in [1.807, 2.05) is 4.90 Å². The van der Waals surface area contributed by atoms with E-state index < -0.39 is 0 Å². The Bertz CT molecular complexity index is 718. The van der Waals surface area contributed by atoms with Crippen molar-refractivity contribution in [3.63, 3.8) is 0 Å². The normalized spacial score (nSPS) is 28.5. The molecular weight excluding hydrogens is 435 g/mol. The Morgan fingerprint density at radius 1 is 1.21 bits per heavy atom. The van der Waals surface area contributed by atoms with Crippen molar-refractivity contribution in [2.75, 3.05) is 31.5 Å². The second-order valence-electron chi connectivity index (χ2n) is 8.17. The molecule has 2 saturated heterocycles. The standard InChI is InChI=1S/C20H27ClN4O2.2ClH/c21-16-6-7-17(23-11-16)24-18(26)14-4-3-9-25(12-14)19(27)20-8-2-1-5-15(20)10-22-13-20;;/h6-7,11,14-15,22H,1-5,8-10,12-13H2,(H,23,24,26);2*1H/t14?,15-,20+;;/m0../s1. The number of anilines is 1. The number of aromatic nitrogens is 1. The Morgan fingerprint density at radius 3 is 2.79 bits per heavy atom. The molecule has 3 atom stereocenters. The number of fused-ring (bicyclic) bond motifs is 1. The molecule has 0 bridgehead atoms. The van der Waals surface area contributed by atoms with Crippen molar-refractivity contribution >= 4 is 54.0 Å². The summed E-state index contributed by atoms with van der Waals surface area (Å²) in [7, 11) is 0. The fraction of sp³-hybridized carbons (Fsp3) is 0.650. The molecule has 1 saturated carbocycles. The number of hydrogen-bond donors (Lipinski definition) is 2. The summed E-state index contributed by atoms with van der Waals surface area (Å²) < 4.78 is 0. The van der Waals surface area contributed by atoms with Crippen LogP contribution in [0.4, 0.5) is 5.82 Å². The van der Waals surface area contributed by atoms with Gasteiger partial charge >= 0.3 is 0 Å². The summed E-state index contributed by atoms with van der Waals surface area (Å²) in [6.45, 7) is 3.01. The van der Waals surface area contributed by atoms with Gasteiger partial charge in [-0.05, 0) is 50.3 Å². The summed E-state index contributed by atoms with van der Waals surface area (Å²) in [6, 6.07) is 3.40. The van der Waals surface area contributed by atoms with E-state index in [1.54, 1.807) is 12.1 Å². The average molecular weight is 464 g/mol. The van der Waals surface area contributed by atoms with E-state index in [0.717, 1.165) is 51.7 Å². The number of rotatable bonds is 3. The summed E-state index contributed by atoms with van der Waals surface area (Å²) in [5.41, 5.74) is -0.242. The van der Waals surface area contributed by atoms with Crippen molar-refractivity contribution in [3.05, 3.63) is 23.4 Å².